The maximum Gasteiger partial charge on any atom is 0.281 e. The minimum absolute atomic E-state index is 0.357. The first-order chi connectivity index (χ1) is 10.5. The predicted molar refractivity (Wildman–Crippen MR) is 84.7 cm³/mol. The summed E-state index contributed by atoms with van der Waals surface area (Å²) in [7, 11) is -0.132. The fourth-order valence-electron chi connectivity index (χ4n) is 3.04. The molecule has 0 N–H and O–H groups in total. The molecular weight excluding hydrogens is 302 g/mol. The summed E-state index contributed by atoms with van der Waals surface area (Å²) in [5.74, 6) is 0.964. The predicted octanol–water partition coefficient (Wildman–Crippen LogP) is 0.716. The molecule has 0 aromatic carbocycles. The summed E-state index contributed by atoms with van der Waals surface area (Å²) in [4.78, 5) is 10.7. The SMILES string of the molecule is CN(C)S(=O)(=O)N1CCC(N(c2ccncn2)C2CC2)CC1. The molecule has 0 bridgehead atoms. The third-order valence-corrected chi connectivity index (χ3v) is 6.32. The Hall–Kier alpha value is -1.25. The minimum Gasteiger partial charge on any atom is -0.350 e. The molecule has 3 rings (SSSR count). The molecule has 0 radical (unpaired) electrons. The number of hydrogen-bond donors (Lipinski definition) is 0. The van der Waals surface area contributed by atoms with Crippen molar-refractivity contribution in [2.75, 3.05) is 32.1 Å². The van der Waals surface area contributed by atoms with Crippen LogP contribution in [0.5, 0.6) is 0 Å². The second kappa shape index (κ2) is 6.10. The summed E-state index contributed by atoms with van der Waals surface area (Å²) in [6.45, 7) is 1.14. The lowest BCUT2D eigenvalue weighted by Gasteiger charge is -2.39. The van der Waals surface area contributed by atoms with Crippen LogP contribution in [0.1, 0.15) is 25.7 Å². The molecule has 1 aliphatic heterocycles. The number of piperidine rings is 1. The minimum atomic E-state index is -3.30. The lowest BCUT2D eigenvalue weighted by atomic mass is 10.0. The van der Waals surface area contributed by atoms with Crippen LogP contribution < -0.4 is 4.90 Å². The van der Waals surface area contributed by atoms with Crippen molar-refractivity contribution in [3.63, 3.8) is 0 Å². The highest BCUT2D eigenvalue weighted by molar-refractivity contribution is 7.86. The lowest BCUT2D eigenvalue weighted by molar-refractivity contribution is 0.293. The van der Waals surface area contributed by atoms with Gasteiger partial charge in [-0.2, -0.15) is 17.0 Å². The van der Waals surface area contributed by atoms with E-state index in [0.717, 1.165) is 18.7 Å². The van der Waals surface area contributed by atoms with Crippen molar-refractivity contribution in [2.24, 2.45) is 0 Å². The van der Waals surface area contributed by atoms with Crippen molar-refractivity contribution in [1.82, 2.24) is 18.6 Å². The number of aromatic nitrogens is 2. The van der Waals surface area contributed by atoms with E-state index >= 15 is 0 Å². The van der Waals surface area contributed by atoms with E-state index in [1.807, 2.05) is 6.07 Å². The Kier molecular flexibility index (Phi) is 4.33. The van der Waals surface area contributed by atoms with Crippen LogP contribution in [0.2, 0.25) is 0 Å². The maximum atomic E-state index is 12.2. The molecule has 122 valence electrons. The van der Waals surface area contributed by atoms with Crippen molar-refractivity contribution in [3.8, 4) is 0 Å². The second-order valence-corrected chi connectivity index (χ2v) is 8.27. The molecule has 0 unspecified atom stereocenters. The Morgan fingerprint density at radius 3 is 2.27 bits per heavy atom. The molecule has 1 saturated heterocycles. The van der Waals surface area contributed by atoms with Crippen LogP contribution in [0, 0.1) is 0 Å². The van der Waals surface area contributed by atoms with Crippen molar-refractivity contribution < 1.29 is 8.42 Å². The number of rotatable bonds is 5. The Labute approximate surface area is 132 Å². The largest absolute Gasteiger partial charge is 0.350 e. The number of nitrogens with zero attached hydrogens (tertiary/aromatic N) is 5. The fraction of sp³-hybridized carbons (Fsp3) is 0.714. The molecule has 2 heterocycles. The quantitative estimate of drug-likeness (QED) is 0.798. The lowest BCUT2D eigenvalue weighted by Crippen LogP contribution is -2.50. The molecule has 22 heavy (non-hydrogen) atoms. The van der Waals surface area contributed by atoms with Gasteiger partial charge in [-0.25, -0.2) is 9.97 Å². The topological polar surface area (TPSA) is 69.6 Å². The Morgan fingerprint density at radius 2 is 1.77 bits per heavy atom. The first kappa shape index (κ1) is 15.6. The Morgan fingerprint density at radius 1 is 1.14 bits per heavy atom. The molecule has 7 nitrogen and oxygen atoms in total. The molecule has 0 amide bonds. The van der Waals surface area contributed by atoms with Crippen LogP contribution in [0.3, 0.4) is 0 Å². The van der Waals surface area contributed by atoms with E-state index in [0.29, 0.717) is 25.2 Å². The zero-order valence-electron chi connectivity index (χ0n) is 13.1. The normalized spacial score (nSPS) is 21.2. The molecule has 8 heteroatoms. The summed E-state index contributed by atoms with van der Waals surface area (Å²) in [5.41, 5.74) is 0. The first-order valence-corrected chi connectivity index (χ1v) is 9.12. The van der Waals surface area contributed by atoms with Gasteiger partial charge in [-0.1, -0.05) is 0 Å². The van der Waals surface area contributed by atoms with Crippen LogP contribution in [-0.4, -0.2) is 66.3 Å². The van der Waals surface area contributed by atoms with E-state index in [1.165, 1.54) is 17.1 Å². The van der Waals surface area contributed by atoms with Crippen LogP contribution in [0.25, 0.3) is 0 Å². The average Bonchev–Trinajstić information content (AvgIpc) is 3.34. The van der Waals surface area contributed by atoms with E-state index in [4.69, 9.17) is 0 Å². The monoisotopic (exact) mass is 325 g/mol. The highest BCUT2D eigenvalue weighted by atomic mass is 32.2. The standard InChI is InChI=1S/C14H23N5O2S/c1-17(2)22(20,21)18-9-6-13(7-10-18)19(12-3-4-12)14-5-8-15-11-16-14/h5,8,11-13H,3-4,6-7,9-10H2,1-2H3. The molecule has 0 atom stereocenters. The number of anilines is 1. The van der Waals surface area contributed by atoms with E-state index in [1.54, 1.807) is 30.9 Å². The fourth-order valence-corrected chi connectivity index (χ4v) is 4.18. The maximum absolute atomic E-state index is 12.2. The third-order valence-electron chi connectivity index (χ3n) is 4.38. The summed E-state index contributed by atoms with van der Waals surface area (Å²) < 4.78 is 27.3. The smallest absolute Gasteiger partial charge is 0.281 e. The van der Waals surface area contributed by atoms with Gasteiger partial charge in [0.15, 0.2) is 0 Å². The van der Waals surface area contributed by atoms with Gasteiger partial charge in [-0.05, 0) is 31.7 Å². The van der Waals surface area contributed by atoms with Crippen molar-refractivity contribution in [1.29, 1.82) is 0 Å². The van der Waals surface area contributed by atoms with Gasteiger partial charge in [-0.3, -0.25) is 0 Å². The van der Waals surface area contributed by atoms with Crippen LogP contribution in [-0.2, 0) is 10.2 Å². The highest BCUT2D eigenvalue weighted by Gasteiger charge is 2.38. The first-order valence-electron chi connectivity index (χ1n) is 7.72. The van der Waals surface area contributed by atoms with Crippen molar-refractivity contribution in [2.45, 2.75) is 37.8 Å². The molecule has 2 fully saturated rings. The summed E-state index contributed by atoms with van der Waals surface area (Å²) in [6, 6.07) is 2.86. The van der Waals surface area contributed by atoms with Gasteiger partial charge in [0.1, 0.15) is 12.1 Å². The van der Waals surface area contributed by atoms with E-state index < -0.39 is 10.2 Å². The summed E-state index contributed by atoms with van der Waals surface area (Å²) >= 11 is 0. The molecule has 1 aromatic rings. The van der Waals surface area contributed by atoms with Crippen LogP contribution in [0.4, 0.5) is 5.82 Å². The molecule has 0 spiro atoms. The summed E-state index contributed by atoms with van der Waals surface area (Å²) in [5, 5.41) is 0. The zero-order chi connectivity index (χ0) is 15.7. The molecule has 1 aromatic heterocycles. The second-order valence-electron chi connectivity index (χ2n) is 6.13. The van der Waals surface area contributed by atoms with Gasteiger partial charge >= 0.3 is 0 Å². The van der Waals surface area contributed by atoms with Gasteiger partial charge in [0.2, 0.25) is 0 Å². The van der Waals surface area contributed by atoms with Gasteiger partial charge in [0, 0.05) is 45.5 Å². The third kappa shape index (κ3) is 3.09. The summed E-state index contributed by atoms with van der Waals surface area (Å²) in [6.07, 6.45) is 7.42. The van der Waals surface area contributed by atoms with Gasteiger partial charge in [-0.15, -0.1) is 0 Å². The van der Waals surface area contributed by atoms with E-state index in [-0.39, 0.29) is 0 Å². The van der Waals surface area contributed by atoms with Gasteiger partial charge in [0.25, 0.3) is 10.2 Å². The van der Waals surface area contributed by atoms with Crippen molar-refractivity contribution >= 4 is 16.0 Å². The molecule has 1 saturated carbocycles. The van der Waals surface area contributed by atoms with Crippen LogP contribution in [0.15, 0.2) is 18.6 Å². The van der Waals surface area contributed by atoms with Gasteiger partial charge < -0.3 is 4.90 Å². The number of hydrogen-bond acceptors (Lipinski definition) is 5. The van der Waals surface area contributed by atoms with E-state index in [2.05, 4.69) is 14.9 Å². The van der Waals surface area contributed by atoms with E-state index in [9.17, 15) is 8.42 Å². The van der Waals surface area contributed by atoms with Gasteiger partial charge in [0.05, 0.1) is 0 Å². The zero-order valence-corrected chi connectivity index (χ0v) is 13.9. The highest BCUT2D eigenvalue weighted by Crippen LogP contribution is 2.35. The van der Waals surface area contributed by atoms with Crippen molar-refractivity contribution in [3.05, 3.63) is 18.6 Å². The average molecular weight is 325 g/mol. The van der Waals surface area contributed by atoms with Crippen LogP contribution >= 0.6 is 0 Å². The molecule has 1 aliphatic carbocycles. The molecular formula is C14H23N5O2S. The Bertz CT molecular complexity index is 595. The molecule has 2 aliphatic rings. The Balaban J connectivity index is 1.70.